The van der Waals surface area contributed by atoms with Gasteiger partial charge in [-0.3, -0.25) is 4.79 Å². The molecule has 1 heterocycles. The predicted molar refractivity (Wildman–Crippen MR) is 96.5 cm³/mol. The highest BCUT2D eigenvalue weighted by molar-refractivity contribution is 5.92. The normalized spacial score (nSPS) is 12.1. The summed E-state index contributed by atoms with van der Waals surface area (Å²) >= 11 is 0. The van der Waals surface area contributed by atoms with Crippen LogP contribution in [0.4, 0.5) is 30.7 Å². The zero-order valence-electron chi connectivity index (χ0n) is 15.8. The molecule has 1 N–H and O–H groups in total. The molecule has 0 saturated carbocycles. The van der Waals surface area contributed by atoms with Crippen LogP contribution in [0.3, 0.4) is 0 Å². The van der Waals surface area contributed by atoms with Crippen LogP contribution < -0.4 is 5.32 Å². The Balaban J connectivity index is 1.75. The van der Waals surface area contributed by atoms with E-state index in [1.54, 1.807) is 0 Å². The van der Waals surface area contributed by atoms with Crippen LogP contribution in [0.5, 0.6) is 0 Å². The van der Waals surface area contributed by atoms with Gasteiger partial charge in [0, 0.05) is 12.1 Å². The summed E-state index contributed by atoms with van der Waals surface area (Å²) in [5.74, 6) is -2.16. The smallest absolute Gasteiger partial charge is 0.416 e. The van der Waals surface area contributed by atoms with Crippen molar-refractivity contribution in [3.63, 3.8) is 0 Å². The van der Waals surface area contributed by atoms with Crippen LogP contribution in [-0.2, 0) is 18.9 Å². The molecule has 3 aromatic rings. The maximum atomic E-state index is 13.8. The summed E-state index contributed by atoms with van der Waals surface area (Å²) in [6.45, 7) is 0.581. The Morgan fingerprint density at radius 3 is 2.32 bits per heavy atom. The second kappa shape index (κ2) is 8.09. The van der Waals surface area contributed by atoms with E-state index in [1.807, 2.05) is 0 Å². The Kier molecular flexibility index (Phi) is 5.84. The van der Waals surface area contributed by atoms with E-state index in [9.17, 15) is 35.5 Å². The summed E-state index contributed by atoms with van der Waals surface area (Å²) in [5.41, 5.74) is -2.63. The summed E-state index contributed by atoms with van der Waals surface area (Å²) in [6.07, 6.45) is -9.31. The van der Waals surface area contributed by atoms with Gasteiger partial charge in [0.1, 0.15) is 11.6 Å². The monoisotopic (exact) mass is 445 g/mol. The number of hydrogen-bond donors (Lipinski definition) is 1. The summed E-state index contributed by atoms with van der Waals surface area (Å²) in [5, 5.41) is 2.29. The van der Waals surface area contributed by atoms with E-state index in [2.05, 4.69) is 5.32 Å². The van der Waals surface area contributed by atoms with Gasteiger partial charge in [0.25, 0.3) is 5.91 Å². The number of hydrogen-bond acceptors (Lipinski definition) is 2. The molecule has 31 heavy (non-hydrogen) atoms. The van der Waals surface area contributed by atoms with E-state index < -0.39 is 47.3 Å². The quantitative estimate of drug-likeness (QED) is 0.475. The zero-order valence-corrected chi connectivity index (χ0v) is 15.8. The minimum atomic E-state index is -4.76. The molecule has 3 nitrogen and oxygen atoms in total. The molecule has 0 saturated heterocycles. The zero-order chi connectivity index (χ0) is 23.0. The van der Waals surface area contributed by atoms with Crippen LogP contribution >= 0.6 is 0 Å². The maximum absolute atomic E-state index is 13.8. The number of carbonyl (C=O) groups is 1. The van der Waals surface area contributed by atoms with Gasteiger partial charge in [0.15, 0.2) is 5.76 Å². The second-order valence-corrected chi connectivity index (χ2v) is 6.67. The van der Waals surface area contributed by atoms with E-state index in [0.29, 0.717) is 0 Å². The number of benzene rings is 2. The first-order valence-electron chi connectivity index (χ1n) is 8.78. The lowest BCUT2D eigenvalue weighted by atomic mass is 10.0. The number of furan rings is 1. The molecular weight excluding hydrogens is 431 g/mol. The van der Waals surface area contributed by atoms with Crippen molar-refractivity contribution in [2.75, 3.05) is 0 Å². The molecule has 164 valence electrons. The Labute approximate surface area is 171 Å². The third-order valence-electron chi connectivity index (χ3n) is 4.47. The first kappa shape index (κ1) is 22.4. The molecular formula is C21H14F7NO2. The highest BCUT2D eigenvalue weighted by Gasteiger charge is 2.34. The lowest BCUT2D eigenvalue weighted by molar-refractivity contribution is -0.138. The molecule has 2 aromatic carbocycles. The highest BCUT2D eigenvalue weighted by atomic mass is 19.4. The van der Waals surface area contributed by atoms with Crippen molar-refractivity contribution in [2.45, 2.75) is 25.8 Å². The Bertz CT molecular complexity index is 1110. The van der Waals surface area contributed by atoms with Crippen LogP contribution in [0.2, 0.25) is 0 Å². The van der Waals surface area contributed by atoms with E-state index >= 15 is 0 Å². The minimum Gasteiger partial charge on any atom is -0.451 e. The maximum Gasteiger partial charge on any atom is 0.416 e. The molecule has 0 unspecified atom stereocenters. The molecule has 0 aliphatic heterocycles. The average molecular weight is 445 g/mol. The molecule has 1 amide bonds. The molecule has 0 fully saturated rings. The van der Waals surface area contributed by atoms with Gasteiger partial charge in [-0.2, -0.15) is 26.3 Å². The van der Waals surface area contributed by atoms with Gasteiger partial charge >= 0.3 is 12.4 Å². The fourth-order valence-electron chi connectivity index (χ4n) is 2.86. The Morgan fingerprint density at radius 1 is 0.968 bits per heavy atom. The fourth-order valence-corrected chi connectivity index (χ4v) is 2.86. The van der Waals surface area contributed by atoms with Crippen molar-refractivity contribution >= 4 is 5.91 Å². The molecule has 0 radical (unpaired) electrons. The Morgan fingerprint density at radius 2 is 1.68 bits per heavy atom. The van der Waals surface area contributed by atoms with Crippen LogP contribution in [0.1, 0.15) is 32.8 Å². The van der Waals surface area contributed by atoms with Gasteiger partial charge < -0.3 is 9.73 Å². The third kappa shape index (κ3) is 5.07. The number of carbonyl (C=O) groups excluding carboxylic acids is 1. The highest BCUT2D eigenvalue weighted by Crippen LogP contribution is 2.34. The number of alkyl halides is 6. The largest absolute Gasteiger partial charge is 0.451 e. The molecule has 0 aliphatic rings. The first-order chi connectivity index (χ1) is 14.4. The molecule has 0 atom stereocenters. The number of amides is 1. The van der Waals surface area contributed by atoms with Crippen molar-refractivity contribution in [3.8, 4) is 11.3 Å². The van der Waals surface area contributed by atoms with Gasteiger partial charge in [-0.15, -0.1) is 0 Å². The summed E-state index contributed by atoms with van der Waals surface area (Å²) < 4.78 is 96.6. The van der Waals surface area contributed by atoms with Crippen molar-refractivity contribution < 1.29 is 39.9 Å². The van der Waals surface area contributed by atoms with Gasteiger partial charge in [0.05, 0.1) is 11.1 Å². The lowest BCUT2D eigenvalue weighted by Crippen LogP contribution is -2.23. The second-order valence-electron chi connectivity index (χ2n) is 6.67. The van der Waals surface area contributed by atoms with Gasteiger partial charge in [-0.05, 0) is 54.4 Å². The molecule has 3 rings (SSSR count). The molecule has 1 aromatic heterocycles. The van der Waals surface area contributed by atoms with Crippen LogP contribution in [0.15, 0.2) is 52.9 Å². The lowest BCUT2D eigenvalue weighted by Gasteiger charge is -2.13. The van der Waals surface area contributed by atoms with Crippen molar-refractivity contribution in [2.24, 2.45) is 0 Å². The minimum absolute atomic E-state index is 0.00279. The molecule has 10 heteroatoms. The summed E-state index contributed by atoms with van der Waals surface area (Å²) in [7, 11) is 0. The van der Waals surface area contributed by atoms with Crippen LogP contribution in [0.25, 0.3) is 11.3 Å². The first-order valence-corrected chi connectivity index (χ1v) is 8.78. The fraction of sp³-hybridized carbons (Fsp3) is 0.190. The van der Waals surface area contributed by atoms with E-state index in [4.69, 9.17) is 4.42 Å². The standard InChI is InChI=1S/C21H14F7NO2/c1-11-15(21(26,27)28)7-12(8-16(11)22)10-29-19(30)18-6-5-17(31-18)13-3-2-4-14(9-13)20(23,24)25/h2-9H,10H2,1H3,(H,29,30). The van der Waals surface area contributed by atoms with E-state index in [1.165, 1.54) is 24.3 Å². The van der Waals surface area contributed by atoms with E-state index in [0.717, 1.165) is 31.2 Å². The summed E-state index contributed by atoms with van der Waals surface area (Å²) in [4.78, 5) is 12.2. The number of nitrogens with one attached hydrogen (secondary N) is 1. The van der Waals surface area contributed by atoms with Crippen molar-refractivity contribution in [1.29, 1.82) is 0 Å². The topological polar surface area (TPSA) is 42.2 Å². The average Bonchev–Trinajstić information content (AvgIpc) is 3.17. The SMILES string of the molecule is Cc1c(F)cc(CNC(=O)c2ccc(-c3cccc(C(F)(F)F)c3)o2)cc1C(F)(F)F. The van der Waals surface area contributed by atoms with Crippen LogP contribution in [-0.4, -0.2) is 5.91 Å². The predicted octanol–water partition coefficient (Wildman–Crippen LogP) is 6.36. The van der Waals surface area contributed by atoms with Crippen molar-refractivity contribution in [1.82, 2.24) is 5.32 Å². The number of halogens is 7. The molecule has 0 bridgehead atoms. The molecule has 0 spiro atoms. The van der Waals surface area contributed by atoms with Gasteiger partial charge in [0.2, 0.25) is 0 Å². The number of rotatable bonds is 4. The van der Waals surface area contributed by atoms with Gasteiger partial charge in [-0.1, -0.05) is 12.1 Å². The Hall–Kier alpha value is -3.30. The van der Waals surface area contributed by atoms with E-state index in [-0.39, 0.29) is 22.6 Å². The van der Waals surface area contributed by atoms with Gasteiger partial charge in [-0.25, -0.2) is 4.39 Å². The van der Waals surface area contributed by atoms with Crippen molar-refractivity contribution in [3.05, 3.63) is 82.4 Å². The third-order valence-corrected chi connectivity index (χ3v) is 4.47. The molecule has 0 aliphatic carbocycles. The summed E-state index contributed by atoms with van der Waals surface area (Å²) in [6, 6.07) is 8.40. The van der Waals surface area contributed by atoms with Crippen LogP contribution in [0, 0.1) is 12.7 Å².